The Labute approximate surface area is 141 Å². The van der Waals surface area contributed by atoms with E-state index in [1.54, 1.807) is 12.5 Å². The lowest BCUT2D eigenvalue weighted by molar-refractivity contribution is 0.0981. The van der Waals surface area contributed by atoms with Crippen molar-refractivity contribution in [3.8, 4) is 0 Å². The van der Waals surface area contributed by atoms with Gasteiger partial charge in [0, 0.05) is 25.5 Å². The van der Waals surface area contributed by atoms with Crippen molar-refractivity contribution in [2.24, 2.45) is 0 Å². The van der Waals surface area contributed by atoms with Crippen LogP contribution in [0.3, 0.4) is 0 Å². The van der Waals surface area contributed by atoms with E-state index in [0.717, 1.165) is 31.4 Å². The molecule has 2 fully saturated rings. The summed E-state index contributed by atoms with van der Waals surface area (Å²) in [6, 6.07) is 8.29. The van der Waals surface area contributed by atoms with Gasteiger partial charge in [-0.1, -0.05) is 24.3 Å². The van der Waals surface area contributed by atoms with Crippen molar-refractivity contribution in [3.63, 3.8) is 0 Å². The Morgan fingerprint density at radius 1 is 1.33 bits per heavy atom. The van der Waals surface area contributed by atoms with Crippen molar-refractivity contribution < 1.29 is 9.53 Å². The van der Waals surface area contributed by atoms with E-state index in [1.807, 2.05) is 22.9 Å². The first kappa shape index (κ1) is 15.2. The molecule has 1 aromatic heterocycles. The first-order chi connectivity index (χ1) is 11.8. The average molecular weight is 326 g/mol. The van der Waals surface area contributed by atoms with E-state index in [4.69, 9.17) is 4.74 Å². The minimum atomic E-state index is -0.115. The summed E-state index contributed by atoms with van der Waals surface area (Å²) < 4.78 is 7.79. The number of nitrogens with zero attached hydrogens (tertiary/aromatic N) is 2. The molecule has 1 aromatic carbocycles. The summed E-state index contributed by atoms with van der Waals surface area (Å²) >= 11 is 0. The molecule has 0 spiro atoms. The van der Waals surface area contributed by atoms with Crippen LogP contribution in [0.15, 0.2) is 43.0 Å². The SMILES string of the molecule is O=C(NCc1cccc(Cn2ccnc2)c1)N[C@@H]1C[C@H]2CC[C@H]1O2. The molecule has 2 N–H and O–H groups in total. The second-order valence-corrected chi connectivity index (χ2v) is 6.60. The lowest BCUT2D eigenvalue weighted by Gasteiger charge is -2.20. The maximum Gasteiger partial charge on any atom is 0.315 e. The predicted octanol–water partition coefficient (Wildman–Crippen LogP) is 2.05. The second-order valence-electron chi connectivity index (χ2n) is 6.60. The zero-order valence-corrected chi connectivity index (χ0v) is 13.5. The molecule has 0 radical (unpaired) electrons. The largest absolute Gasteiger partial charge is 0.373 e. The molecule has 6 nitrogen and oxygen atoms in total. The average Bonchev–Trinajstić information content (AvgIpc) is 3.31. The number of benzene rings is 1. The highest BCUT2D eigenvalue weighted by Gasteiger charge is 2.41. The molecule has 3 heterocycles. The number of ether oxygens (including phenoxy) is 1. The van der Waals surface area contributed by atoms with Crippen molar-refractivity contribution in [1.29, 1.82) is 0 Å². The van der Waals surface area contributed by atoms with Crippen LogP contribution in [0.2, 0.25) is 0 Å². The molecular formula is C18H22N4O2. The molecule has 4 rings (SSSR count). The highest BCUT2D eigenvalue weighted by atomic mass is 16.5. The number of imidazole rings is 1. The van der Waals surface area contributed by atoms with E-state index in [0.29, 0.717) is 12.6 Å². The minimum absolute atomic E-state index is 0.115. The van der Waals surface area contributed by atoms with Crippen molar-refractivity contribution in [3.05, 3.63) is 54.1 Å². The van der Waals surface area contributed by atoms with Gasteiger partial charge in [0.05, 0.1) is 24.6 Å². The monoisotopic (exact) mass is 326 g/mol. The molecule has 2 bridgehead atoms. The Morgan fingerprint density at radius 2 is 2.25 bits per heavy atom. The van der Waals surface area contributed by atoms with Crippen molar-refractivity contribution in [2.45, 2.75) is 50.6 Å². The van der Waals surface area contributed by atoms with Crippen LogP contribution in [-0.4, -0.2) is 33.8 Å². The third kappa shape index (κ3) is 3.43. The smallest absolute Gasteiger partial charge is 0.315 e. The van der Waals surface area contributed by atoms with Gasteiger partial charge in [0.1, 0.15) is 0 Å². The fraction of sp³-hybridized carbons (Fsp3) is 0.444. The third-order valence-electron chi connectivity index (χ3n) is 4.79. The molecule has 0 aliphatic carbocycles. The summed E-state index contributed by atoms with van der Waals surface area (Å²) in [5, 5.41) is 5.99. The van der Waals surface area contributed by atoms with Crippen LogP contribution in [0.25, 0.3) is 0 Å². The number of carbonyl (C=O) groups is 1. The van der Waals surface area contributed by atoms with Gasteiger partial charge in [-0.2, -0.15) is 0 Å². The molecule has 0 saturated carbocycles. The molecule has 2 amide bonds. The number of rotatable bonds is 5. The Balaban J connectivity index is 1.28. The Kier molecular flexibility index (Phi) is 4.21. The van der Waals surface area contributed by atoms with Gasteiger partial charge in [-0.15, -0.1) is 0 Å². The standard InChI is InChI=1S/C18H22N4O2/c23-18(21-16-9-15-4-5-17(16)24-15)20-10-13-2-1-3-14(8-13)11-22-7-6-19-12-22/h1-3,6-8,12,15-17H,4-5,9-11H2,(H2,20,21,23)/t15-,16-,17-/m1/s1. The lowest BCUT2D eigenvalue weighted by Crippen LogP contribution is -2.46. The maximum absolute atomic E-state index is 12.1. The molecule has 126 valence electrons. The highest BCUT2D eigenvalue weighted by Crippen LogP contribution is 2.34. The molecule has 2 aliphatic heterocycles. The Bertz CT molecular complexity index is 701. The van der Waals surface area contributed by atoms with Crippen LogP contribution in [-0.2, 0) is 17.8 Å². The normalized spacial score (nSPS) is 24.9. The fourth-order valence-electron chi connectivity index (χ4n) is 3.62. The molecule has 0 unspecified atom stereocenters. The zero-order chi connectivity index (χ0) is 16.4. The summed E-state index contributed by atoms with van der Waals surface area (Å²) in [6.07, 6.45) is 9.21. The molecule has 2 aliphatic rings. The molecule has 24 heavy (non-hydrogen) atoms. The van der Waals surface area contributed by atoms with Crippen molar-refractivity contribution in [2.75, 3.05) is 0 Å². The maximum atomic E-state index is 12.1. The number of aromatic nitrogens is 2. The molecule has 2 aromatic rings. The number of hydrogen-bond donors (Lipinski definition) is 2. The predicted molar refractivity (Wildman–Crippen MR) is 89.4 cm³/mol. The summed E-state index contributed by atoms with van der Waals surface area (Å²) in [4.78, 5) is 16.2. The van der Waals surface area contributed by atoms with Gasteiger partial charge in [0.25, 0.3) is 0 Å². The first-order valence-corrected chi connectivity index (χ1v) is 8.49. The van der Waals surface area contributed by atoms with E-state index in [-0.39, 0.29) is 18.2 Å². The summed E-state index contributed by atoms with van der Waals surface area (Å²) in [6.45, 7) is 1.30. The summed E-state index contributed by atoms with van der Waals surface area (Å²) in [5.74, 6) is 0. The van der Waals surface area contributed by atoms with Crippen LogP contribution < -0.4 is 10.6 Å². The van der Waals surface area contributed by atoms with Crippen LogP contribution in [0.5, 0.6) is 0 Å². The van der Waals surface area contributed by atoms with Crippen LogP contribution in [0, 0.1) is 0 Å². The van der Waals surface area contributed by atoms with Crippen molar-refractivity contribution in [1.82, 2.24) is 20.2 Å². The zero-order valence-electron chi connectivity index (χ0n) is 13.5. The second kappa shape index (κ2) is 6.65. The number of urea groups is 1. The topological polar surface area (TPSA) is 68.2 Å². The van der Waals surface area contributed by atoms with E-state index < -0.39 is 0 Å². The molecule has 6 heteroatoms. The highest BCUT2D eigenvalue weighted by molar-refractivity contribution is 5.74. The van der Waals surface area contributed by atoms with Crippen molar-refractivity contribution >= 4 is 6.03 Å². The number of nitrogens with one attached hydrogen (secondary N) is 2. The van der Waals surface area contributed by atoms with Crippen LogP contribution >= 0.6 is 0 Å². The van der Waals surface area contributed by atoms with Gasteiger partial charge < -0.3 is 19.9 Å². The van der Waals surface area contributed by atoms with Gasteiger partial charge >= 0.3 is 6.03 Å². The van der Waals surface area contributed by atoms with Crippen LogP contribution in [0.1, 0.15) is 30.4 Å². The number of amides is 2. The molecular weight excluding hydrogens is 304 g/mol. The van der Waals surface area contributed by atoms with Gasteiger partial charge in [-0.25, -0.2) is 9.78 Å². The number of fused-ring (bicyclic) bond motifs is 2. The van der Waals surface area contributed by atoms with Gasteiger partial charge in [0.2, 0.25) is 0 Å². The first-order valence-electron chi connectivity index (χ1n) is 8.49. The summed E-state index contributed by atoms with van der Waals surface area (Å²) in [5.41, 5.74) is 2.28. The minimum Gasteiger partial charge on any atom is -0.373 e. The number of hydrogen-bond acceptors (Lipinski definition) is 3. The van der Waals surface area contributed by atoms with Gasteiger partial charge in [-0.05, 0) is 30.4 Å². The summed E-state index contributed by atoms with van der Waals surface area (Å²) in [7, 11) is 0. The van der Waals surface area contributed by atoms with E-state index in [2.05, 4.69) is 27.8 Å². The third-order valence-corrected chi connectivity index (χ3v) is 4.79. The van der Waals surface area contributed by atoms with Crippen LogP contribution in [0.4, 0.5) is 4.79 Å². The van der Waals surface area contributed by atoms with E-state index in [1.165, 1.54) is 5.56 Å². The van der Waals surface area contributed by atoms with E-state index in [9.17, 15) is 4.79 Å². The molecule has 3 atom stereocenters. The lowest BCUT2D eigenvalue weighted by atomic mass is 9.96. The van der Waals surface area contributed by atoms with E-state index >= 15 is 0 Å². The Hall–Kier alpha value is -2.34. The van der Waals surface area contributed by atoms with Gasteiger partial charge in [0.15, 0.2) is 0 Å². The quantitative estimate of drug-likeness (QED) is 0.883. The molecule has 2 saturated heterocycles. The number of carbonyl (C=O) groups excluding carboxylic acids is 1. The Morgan fingerprint density at radius 3 is 3.00 bits per heavy atom. The fourth-order valence-corrected chi connectivity index (χ4v) is 3.62. The van der Waals surface area contributed by atoms with Gasteiger partial charge in [-0.3, -0.25) is 0 Å².